The average molecular weight is 462 g/mol. The van der Waals surface area contributed by atoms with E-state index in [9.17, 15) is 9.59 Å². The monoisotopic (exact) mass is 461 g/mol. The Kier molecular flexibility index (Phi) is 9.03. The van der Waals surface area contributed by atoms with Gasteiger partial charge in [-0.25, -0.2) is 4.98 Å². The summed E-state index contributed by atoms with van der Waals surface area (Å²) >= 11 is 0. The largest absolute Gasteiger partial charge is 0.332 e. The number of amides is 1. The predicted molar refractivity (Wildman–Crippen MR) is 140 cm³/mol. The van der Waals surface area contributed by atoms with Gasteiger partial charge in [-0.2, -0.15) is 0 Å². The Morgan fingerprint density at radius 2 is 1.79 bits per heavy atom. The van der Waals surface area contributed by atoms with E-state index in [4.69, 9.17) is 4.98 Å². The van der Waals surface area contributed by atoms with E-state index in [1.54, 1.807) is 4.57 Å². The molecule has 3 aromatic rings. The van der Waals surface area contributed by atoms with Crippen LogP contribution >= 0.6 is 0 Å². The zero-order valence-corrected chi connectivity index (χ0v) is 21.4. The minimum Gasteiger partial charge on any atom is -0.332 e. The minimum absolute atomic E-state index is 0.0908. The molecule has 0 saturated heterocycles. The van der Waals surface area contributed by atoms with Gasteiger partial charge in [0.2, 0.25) is 5.91 Å². The third-order valence-corrected chi connectivity index (χ3v) is 6.28. The second-order valence-electron chi connectivity index (χ2n) is 9.64. The smallest absolute Gasteiger partial charge is 0.266 e. The summed E-state index contributed by atoms with van der Waals surface area (Å²) in [6.07, 6.45) is 5.53. The van der Waals surface area contributed by atoms with Gasteiger partial charge in [0.05, 0.1) is 22.6 Å². The molecule has 0 aliphatic carbocycles. The summed E-state index contributed by atoms with van der Waals surface area (Å²) in [6.45, 7) is 11.1. The maximum Gasteiger partial charge on any atom is 0.266 e. The van der Waals surface area contributed by atoms with Crippen molar-refractivity contribution in [3.05, 3.63) is 70.3 Å². The van der Waals surface area contributed by atoms with E-state index in [0.717, 1.165) is 36.9 Å². The van der Waals surface area contributed by atoms with E-state index in [2.05, 4.69) is 27.7 Å². The van der Waals surface area contributed by atoms with Crippen molar-refractivity contribution in [3.63, 3.8) is 0 Å². The fourth-order valence-corrected chi connectivity index (χ4v) is 4.56. The summed E-state index contributed by atoms with van der Waals surface area (Å²) in [5, 5.41) is 0.589. The lowest BCUT2D eigenvalue weighted by atomic mass is 10.0. The molecule has 0 fully saturated rings. The van der Waals surface area contributed by atoms with Gasteiger partial charge in [-0.1, -0.05) is 71.2 Å². The fraction of sp³-hybridized carbons (Fsp3) is 0.483. The molecule has 0 bridgehead atoms. The number of para-hydroxylation sites is 1. The zero-order chi connectivity index (χ0) is 24.7. The molecular formula is C29H39N3O2. The summed E-state index contributed by atoms with van der Waals surface area (Å²) in [5.74, 6) is 1.05. The van der Waals surface area contributed by atoms with Gasteiger partial charge in [-0.15, -0.1) is 0 Å². The molecular weight excluding hydrogens is 422 g/mol. The van der Waals surface area contributed by atoms with Crippen molar-refractivity contribution in [1.29, 1.82) is 0 Å². The minimum atomic E-state index is -0.273. The number of aryl methyl sites for hydroxylation is 1. The highest BCUT2D eigenvalue weighted by molar-refractivity contribution is 5.79. The molecule has 0 aliphatic rings. The molecule has 5 nitrogen and oxygen atoms in total. The summed E-state index contributed by atoms with van der Waals surface area (Å²) in [6, 6.07) is 15.2. The van der Waals surface area contributed by atoms with Gasteiger partial charge in [0.15, 0.2) is 0 Å². The van der Waals surface area contributed by atoms with Crippen molar-refractivity contribution in [3.8, 4) is 5.69 Å². The quantitative estimate of drug-likeness (QED) is 0.302. The predicted octanol–water partition coefficient (Wildman–Crippen LogP) is 6.60. The maximum atomic E-state index is 13.8. The van der Waals surface area contributed by atoms with E-state index in [1.165, 1.54) is 0 Å². The van der Waals surface area contributed by atoms with Crippen LogP contribution in [-0.2, 0) is 4.79 Å². The van der Waals surface area contributed by atoms with Crippen molar-refractivity contribution in [1.82, 2.24) is 14.5 Å². The number of benzene rings is 2. The third-order valence-electron chi connectivity index (χ3n) is 6.28. The molecule has 0 spiro atoms. The van der Waals surface area contributed by atoms with E-state index in [0.29, 0.717) is 36.1 Å². The van der Waals surface area contributed by atoms with Crippen molar-refractivity contribution in [2.24, 2.45) is 5.92 Å². The Balaban J connectivity index is 2.19. The number of hydrogen-bond acceptors (Lipinski definition) is 3. The second-order valence-corrected chi connectivity index (χ2v) is 9.64. The molecule has 1 unspecified atom stereocenters. The molecule has 34 heavy (non-hydrogen) atoms. The van der Waals surface area contributed by atoms with Gasteiger partial charge < -0.3 is 4.90 Å². The Labute approximate surface area is 203 Å². The molecule has 0 saturated carbocycles. The number of aromatic nitrogens is 2. The van der Waals surface area contributed by atoms with Crippen molar-refractivity contribution >= 4 is 16.8 Å². The van der Waals surface area contributed by atoms with Crippen LogP contribution in [-0.4, -0.2) is 26.9 Å². The van der Waals surface area contributed by atoms with Crippen LogP contribution in [0, 0.1) is 12.8 Å². The number of carbonyl (C=O) groups is 1. The number of nitrogens with zero attached hydrogens (tertiary/aromatic N) is 3. The van der Waals surface area contributed by atoms with Gasteiger partial charge in [-0.05, 0) is 55.5 Å². The topological polar surface area (TPSA) is 55.2 Å². The maximum absolute atomic E-state index is 13.8. The van der Waals surface area contributed by atoms with E-state index >= 15 is 0 Å². The lowest BCUT2D eigenvalue weighted by Gasteiger charge is -2.33. The molecule has 0 aliphatic heterocycles. The lowest BCUT2D eigenvalue weighted by molar-refractivity contribution is -0.135. The Bertz CT molecular complexity index is 1170. The summed E-state index contributed by atoms with van der Waals surface area (Å²) < 4.78 is 1.73. The molecule has 1 heterocycles. The molecule has 0 N–H and O–H groups in total. The number of carbonyl (C=O) groups excluding carboxylic acids is 1. The molecule has 3 rings (SSSR count). The number of fused-ring (bicyclic) bond motifs is 1. The fourth-order valence-electron chi connectivity index (χ4n) is 4.56. The van der Waals surface area contributed by atoms with E-state index < -0.39 is 0 Å². The molecule has 182 valence electrons. The number of rotatable bonds is 11. The van der Waals surface area contributed by atoms with Crippen LogP contribution in [0.1, 0.15) is 83.6 Å². The highest BCUT2D eigenvalue weighted by Gasteiger charge is 2.29. The van der Waals surface area contributed by atoms with Crippen LogP contribution in [0.4, 0.5) is 0 Å². The van der Waals surface area contributed by atoms with Crippen molar-refractivity contribution in [2.75, 3.05) is 6.54 Å². The molecule has 1 atom stereocenters. The van der Waals surface area contributed by atoms with Crippen molar-refractivity contribution in [2.45, 2.75) is 79.2 Å². The first-order valence-corrected chi connectivity index (χ1v) is 12.8. The van der Waals surface area contributed by atoms with Crippen LogP contribution in [0.2, 0.25) is 0 Å². The zero-order valence-electron chi connectivity index (χ0n) is 21.4. The third kappa shape index (κ3) is 5.94. The van der Waals surface area contributed by atoms with Crippen LogP contribution in [0.15, 0.2) is 53.3 Å². The summed E-state index contributed by atoms with van der Waals surface area (Å²) in [5.41, 5.74) is 2.45. The van der Waals surface area contributed by atoms with E-state index in [1.807, 2.05) is 60.4 Å². The number of unbranched alkanes of at least 4 members (excludes halogenated alkanes) is 3. The molecule has 5 heteroatoms. The Morgan fingerprint density at radius 3 is 2.47 bits per heavy atom. The Morgan fingerprint density at radius 1 is 1.03 bits per heavy atom. The SMILES string of the molecule is CCCCCCN(C(=O)CC(C)C)C(CC)c1nc2ccccc2c(=O)n1-c1cccc(C)c1. The summed E-state index contributed by atoms with van der Waals surface area (Å²) in [7, 11) is 0. The van der Waals surface area contributed by atoms with Gasteiger partial charge in [0.1, 0.15) is 5.82 Å². The highest BCUT2D eigenvalue weighted by Crippen LogP contribution is 2.28. The van der Waals surface area contributed by atoms with Gasteiger partial charge in [0.25, 0.3) is 5.56 Å². The van der Waals surface area contributed by atoms with Gasteiger partial charge >= 0.3 is 0 Å². The average Bonchev–Trinajstić information content (AvgIpc) is 2.80. The second kappa shape index (κ2) is 12.0. The first-order valence-electron chi connectivity index (χ1n) is 12.8. The normalized spacial score (nSPS) is 12.3. The van der Waals surface area contributed by atoms with Gasteiger partial charge in [0, 0.05) is 13.0 Å². The van der Waals surface area contributed by atoms with Crippen molar-refractivity contribution < 1.29 is 4.79 Å². The van der Waals surface area contributed by atoms with Crippen LogP contribution in [0.25, 0.3) is 16.6 Å². The van der Waals surface area contributed by atoms with Crippen LogP contribution in [0.5, 0.6) is 0 Å². The number of hydrogen-bond donors (Lipinski definition) is 0. The standard InChI is InChI=1S/C29H39N3O2/c1-6-8-9-12-18-31(27(33)19-21(3)4)26(7-2)28-30-25-17-11-10-16-24(25)29(34)32(28)23-15-13-14-22(5)20-23/h10-11,13-17,20-21,26H,6-9,12,18-19H2,1-5H3. The van der Waals surface area contributed by atoms with Crippen LogP contribution in [0.3, 0.4) is 0 Å². The molecule has 1 amide bonds. The Hall–Kier alpha value is -2.95. The first-order chi connectivity index (χ1) is 16.4. The summed E-state index contributed by atoms with van der Waals surface area (Å²) in [4.78, 5) is 34.2. The molecule has 2 aromatic carbocycles. The molecule has 1 aromatic heterocycles. The van der Waals surface area contributed by atoms with Crippen LogP contribution < -0.4 is 5.56 Å². The first kappa shape index (κ1) is 25.7. The highest BCUT2D eigenvalue weighted by atomic mass is 16.2. The lowest BCUT2D eigenvalue weighted by Crippen LogP contribution is -2.39. The van der Waals surface area contributed by atoms with E-state index in [-0.39, 0.29) is 23.4 Å². The van der Waals surface area contributed by atoms with Gasteiger partial charge in [-0.3, -0.25) is 14.2 Å². The molecule has 0 radical (unpaired) electrons.